The summed E-state index contributed by atoms with van der Waals surface area (Å²) in [5, 5.41) is 0. The molecule has 138 valence electrons. The lowest BCUT2D eigenvalue weighted by Crippen LogP contribution is -2.17. The molecule has 0 aromatic heterocycles. The molecule has 2 aromatic rings. The van der Waals surface area contributed by atoms with E-state index in [1.165, 1.54) is 0 Å². The van der Waals surface area contributed by atoms with Gasteiger partial charge in [0.15, 0.2) is 11.6 Å². The van der Waals surface area contributed by atoms with E-state index in [0.29, 0.717) is 0 Å². The summed E-state index contributed by atoms with van der Waals surface area (Å²) in [6.45, 7) is 16.0. The zero-order valence-corrected chi connectivity index (χ0v) is 17.3. The third-order valence-corrected chi connectivity index (χ3v) is 4.75. The Morgan fingerprint density at radius 3 is 1.15 bits per heavy atom. The normalized spacial score (nSPS) is 12.2. The fraction of sp³-hybridized carbons (Fsp3) is 0.417. The van der Waals surface area contributed by atoms with E-state index in [-0.39, 0.29) is 22.4 Å². The monoisotopic (exact) mass is 350 g/mol. The molecule has 2 aromatic carbocycles. The summed E-state index contributed by atoms with van der Waals surface area (Å²) in [5.41, 5.74) is 5.55. The fourth-order valence-corrected chi connectivity index (χ4v) is 3.30. The quantitative estimate of drug-likeness (QED) is 0.604. The third kappa shape index (κ3) is 4.12. The number of carbonyl (C=O) groups is 2. The third-order valence-electron chi connectivity index (χ3n) is 4.75. The topological polar surface area (TPSA) is 34.1 Å². The Labute approximate surface area is 157 Å². The van der Waals surface area contributed by atoms with Crippen molar-refractivity contribution in [2.75, 3.05) is 0 Å². The highest BCUT2D eigenvalue weighted by Crippen LogP contribution is 2.34. The number of rotatable bonds is 3. The summed E-state index contributed by atoms with van der Waals surface area (Å²) < 4.78 is 0. The molecule has 26 heavy (non-hydrogen) atoms. The zero-order valence-electron chi connectivity index (χ0n) is 17.3. The molecule has 0 aliphatic heterocycles. The molecular formula is C24H30O2. The lowest BCUT2D eigenvalue weighted by atomic mass is 9.79. The van der Waals surface area contributed by atoms with Crippen molar-refractivity contribution in [3.63, 3.8) is 0 Å². The van der Waals surface area contributed by atoms with Crippen molar-refractivity contribution < 1.29 is 9.59 Å². The first kappa shape index (κ1) is 20.1. The van der Waals surface area contributed by atoms with Crippen LogP contribution in [0.4, 0.5) is 0 Å². The minimum absolute atomic E-state index is 0.0868. The predicted octanol–water partition coefficient (Wildman–Crippen LogP) is 6.35. The van der Waals surface area contributed by atoms with Gasteiger partial charge in [0.05, 0.1) is 0 Å². The maximum absolute atomic E-state index is 12.0. The van der Waals surface area contributed by atoms with Crippen LogP contribution in [0.2, 0.25) is 0 Å². The second kappa shape index (κ2) is 6.83. The van der Waals surface area contributed by atoms with Crippen LogP contribution in [0.5, 0.6) is 0 Å². The van der Waals surface area contributed by atoms with Gasteiger partial charge in [-0.3, -0.25) is 9.59 Å². The highest BCUT2D eigenvalue weighted by Gasteiger charge is 2.23. The van der Waals surface area contributed by atoms with E-state index in [4.69, 9.17) is 0 Å². The summed E-state index contributed by atoms with van der Waals surface area (Å²) in [5.74, 6) is 0.174. The molecule has 0 radical (unpaired) electrons. The Morgan fingerprint density at radius 1 is 0.615 bits per heavy atom. The van der Waals surface area contributed by atoms with Crippen LogP contribution in [0.15, 0.2) is 36.4 Å². The largest absolute Gasteiger partial charge is 0.295 e. The fourth-order valence-electron chi connectivity index (χ4n) is 3.30. The second-order valence-corrected chi connectivity index (χ2v) is 9.13. The Balaban J connectivity index is 2.69. The Morgan fingerprint density at radius 2 is 0.923 bits per heavy atom. The van der Waals surface area contributed by atoms with Gasteiger partial charge in [-0.1, -0.05) is 65.8 Å². The van der Waals surface area contributed by atoms with Gasteiger partial charge in [-0.25, -0.2) is 0 Å². The molecule has 0 heterocycles. The lowest BCUT2D eigenvalue weighted by molar-refractivity contribution is 0.100. The molecule has 2 heteroatoms. The van der Waals surface area contributed by atoms with Crippen molar-refractivity contribution in [1.82, 2.24) is 0 Å². The van der Waals surface area contributed by atoms with Gasteiger partial charge in [0.25, 0.3) is 0 Å². The van der Waals surface area contributed by atoms with E-state index in [0.717, 1.165) is 33.4 Å². The SMILES string of the molecule is CC(=O)c1ccc(-c2ccc(C(C)=O)c(C(C)(C)C)c2)cc1C(C)(C)C. The molecule has 0 aliphatic rings. The van der Waals surface area contributed by atoms with E-state index in [9.17, 15) is 9.59 Å². The van der Waals surface area contributed by atoms with Crippen molar-refractivity contribution in [2.24, 2.45) is 0 Å². The van der Waals surface area contributed by atoms with Crippen molar-refractivity contribution in [1.29, 1.82) is 0 Å². The number of Topliss-reactive ketones (excluding diaryl/α,β-unsaturated/α-hetero) is 2. The molecule has 0 unspecified atom stereocenters. The van der Waals surface area contributed by atoms with Crippen molar-refractivity contribution >= 4 is 11.6 Å². The first-order valence-electron chi connectivity index (χ1n) is 9.13. The lowest BCUT2D eigenvalue weighted by Gasteiger charge is -2.25. The molecule has 0 atom stereocenters. The van der Waals surface area contributed by atoms with Gasteiger partial charge >= 0.3 is 0 Å². The van der Waals surface area contributed by atoms with E-state index in [1.807, 2.05) is 24.3 Å². The van der Waals surface area contributed by atoms with Crippen LogP contribution in [0.25, 0.3) is 11.1 Å². The predicted molar refractivity (Wildman–Crippen MR) is 109 cm³/mol. The number of carbonyl (C=O) groups excluding carboxylic acids is 2. The minimum Gasteiger partial charge on any atom is -0.295 e. The van der Waals surface area contributed by atoms with Crippen LogP contribution < -0.4 is 0 Å². The molecule has 0 saturated carbocycles. The number of hydrogen-bond acceptors (Lipinski definition) is 2. The maximum Gasteiger partial charge on any atom is 0.160 e. The molecule has 0 N–H and O–H groups in total. The highest BCUT2D eigenvalue weighted by molar-refractivity contribution is 5.97. The van der Waals surface area contributed by atoms with Crippen molar-refractivity contribution in [2.45, 2.75) is 66.2 Å². The van der Waals surface area contributed by atoms with E-state index < -0.39 is 0 Å². The van der Waals surface area contributed by atoms with Crippen molar-refractivity contribution in [3.05, 3.63) is 58.7 Å². The number of ketones is 2. The van der Waals surface area contributed by atoms with Gasteiger partial charge in [0.1, 0.15) is 0 Å². The van der Waals surface area contributed by atoms with Crippen LogP contribution in [-0.4, -0.2) is 11.6 Å². The molecule has 0 bridgehead atoms. The van der Waals surface area contributed by atoms with Crippen LogP contribution in [0, 0.1) is 0 Å². The summed E-state index contributed by atoms with van der Waals surface area (Å²) in [6.07, 6.45) is 0. The zero-order chi connectivity index (χ0) is 19.9. The van der Waals surface area contributed by atoms with Gasteiger partial charge in [-0.15, -0.1) is 0 Å². The Kier molecular flexibility index (Phi) is 5.28. The molecule has 0 fully saturated rings. The van der Waals surface area contributed by atoms with E-state index in [1.54, 1.807) is 13.8 Å². The highest BCUT2D eigenvalue weighted by atomic mass is 16.1. The molecule has 0 aliphatic carbocycles. The summed E-state index contributed by atoms with van der Waals surface area (Å²) in [6, 6.07) is 12.1. The van der Waals surface area contributed by atoms with Gasteiger partial charge in [0, 0.05) is 11.1 Å². The number of benzene rings is 2. The molecule has 0 spiro atoms. The average Bonchev–Trinajstić information content (AvgIpc) is 2.51. The van der Waals surface area contributed by atoms with Gasteiger partial charge in [-0.05, 0) is 59.1 Å². The molecular weight excluding hydrogens is 320 g/mol. The summed E-state index contributed by atoms with van der Waals surface area (Å²) in [7, 11) is 0. The van der Waals surface area contributed by atoms with Gasteiger partial charge in [-0.2, -0.15) is 0 Å². The van der Waals surface area contributed by atoms with Crippen LogP contribution >= 0.6 is 0 Å². The van der Waals surface area contributed by atoms with E-state index >= 15 is 0 Å². The first-order chi connectivity index (χ1) is 11.8. The molecule has 2 nitrogen and oxygen atoms in total. The van der Waals surface area contributed by atoms with Crippen molar-refractivity contribution in [3.8, 4) is 11.1 Å². The smallest absolute Gasteiger partial charge is 0.160 e. The molecule has 0 saturated heterocycles. The number of hydrogen-bond donors (Lipinski definition) is 0. The van der Waals surface area contributed by atoms with Gasteiger partial charge in [0.2, 0.25) is 0 Å². The van der Waals surface area contributed by atoms with Crippen LogP contribution in [0.1, 0.15) is 87.2 Å². The Hall–Kier alpha value is -2.22. The standard InChI is InChI=1S/C24H30O2/c1-15(25)19-11-9-17(13-21(19)23(3,4)5)18-10-12-20(16(2)26)22(14-18)24(6,7)8/h9-14H,1-8H3. The minimum atomic E-state index is -0.122. The van der Waals surface area contributed by atoms with E-state index in [2.05, 4.69) is 53.7 Å². The average molecular weight is 351 g/mol. The van der Waals surface area contributed by atoms with Crippen LogP contribution in [0.3, 0.4) is 0 Å². The second-order valence-electron chi connectivity index (χ2n) is 9.13. The van der Waals surface area contributed by atoms with Crippen LogP contribution in [-0.2, 0) is 10.8 Å². The summed E-state index contributed by atoms with van der Waals surface area (Å²) in [4.78, 5) is 24.1. The van der Waals surface area contributed by atoms with Gasteiger partial charge < -0.3 is 0 Å². The Bertz CT molecular complexity index is 785. The maximum atomic E-state index is 12.0. The molecule has 0 amide bonds. The summed E-state index contributed by atoms with van der Waals surface area (Å²) >= 11 is 0. The first-order valence-corrected chi connectivity index (χ1v) is 9.13. The molecule has 2 rings (SSSR count).